The highest BCUT2D eigenvalue weighted by atomic mass is 16.6. The average molecular weight is 562 g/mol. The van der Waals surface area contributed by atoms with Gasteiger partial charge in [0.05, 0.1) is 5.92 Å². The zero-order valence-corrected chi connectivity index (χ0v) is 25.4. The van der Waals surface area contributed by atoms with E-state index >= 15 is 0 Å². The molecule has 1 aromatic carbocycles. The van der Waals surface area contributed by atoms with Crippen molar-refractivity contribution in [2.45, 2.75) is 66.7 Å². The quantitative estimate of drug-likeness (QED) is 0.132. The summed E-state index contributed by atoms with van der Waals surface area (Å²) in [5.74, 6) is 1.52. The summed E-state index contributed by atoms with van der Waals surface area (Å²) in [6.45, 7) is 12.3. The van der Waals surface area contributed by atoms with Crippen LogP contribution in [0.15, 0.2) is 72.8 Å². The van der Waals surface area contributed by atoms with E-state index in [-0.39, 0.29) is 17.4 Å². The molecule has 5 rings (SSSR count). The number of pyridine rings is 2. The molecule has 1 atom stereocenters. The Morgan fingerprint density at radius 2 is 1.21 bits per heavy atom. The van der Waals surface area contributed by atoms with Crippen LogP contribution < -0.4 is 0 Å². The van der Waals surface area contributed by atoms with E-state index in [0.717, 1.165) is 75.3 Å². The summed E-state index contributed by atoms with van der Waals surface area (Å²) >= 11 is 0. The van der Waals surface area contributed by atoms with Gasteiger partial charge in [0.2, 0.25) is 6.54 Å². The van der Waals surface area contributed by atoms with Crippen LogP contribution in [-0.2, 0) is 19.3 Å². The zero-order valence-electron chi connectivity index (χ0n) is 25.4. The van der Waals surface area contributed by atoms with E-state index in [1.165, 1.54) is 5.56 Å². The van der Waals surface area contributed by atoms with Gasteiger partial charge >= 0.3 is 0 Å². The van der Waals surface area contributed by atoms with Crippen LogP contribution in [0.2, 0.25) is 0 Å². The Hall–Kier alpha value is -4.52. The van der Waals surface area contributed by atoms with Gasteiger partial charge in [-0.1, -0.05) is 24.3 Å². The van der Waals surface area contributed by atoms with Gasteiger partial charge in [-0.3, -0.25) is 10.1 Å². The van der Waals surface area contributed by atoms with Crippen molar-refractivity contribution in [3.63, 3.8) is 0 Å². The minimum absolute atomic E-state index is 0.144. The Morgan fingerprint density at radius 3 is 1.76 bits per heavy atom. The minimum atomic E-state index is -0.280. The molecule has 4 heterocycles. The Labute approximate surface area is 248 Å². The molecule has 4 aromatic heterocycles. The highest BCUT2D eigenvalue weighted by Gasteiger charge is 2.21. The molecule has 7 nitrogen and oxygen atoms in total. The molecule has 0 saturated carbocycles. The summed E-state index contributed by atoms with van der Waals surface area (Å²) in [4.78, 5) is 21.5. The molecule has 0 aliphatic carbocycles. The van der Waals surface area contributed by atoms with Crippen molar-refractivity contribution in [3.05, 3.63) is 139 Å². The first kappa shape index (κ1) is 29.0. The molecular formula is C35H39N5O2. The number of nitro groups is 1. The van der Waals surface area contributed by atoms with E-state index in [1.807, 2.05) is 18.2 Å². The summed E-state index contributed by atoms with van der Waals surface area (Å²) in [7, 11) is 0. The summed E-state index contributed by atoms with van der Waals surface area (Å²) in [6.07, 6.45) is 2.09. The van der Waals surface area contributed by atoms with Gasteiger partial charge in [-0.15, -0.1) is 0 Å². The van der Waals surface area contributed by atoms with Crippen LogP contribution in [0, 0.1) is 51.7 Å². The van der Waals surface area contributed by atoms with E-state index in [1.54, 1.807) is 0 Å². The fourth-order valence-electron chi connectivity index (χ4n) is 5.96. The SMILES string of the molecule is Cc1cc(CCc2cccc(C(Cc3cc(C)cc(-n4c(C)ccc4C)n3)C[N+](=O)[O-])c2)nc(-n2c(C)ccc2C)c1. The van der Waals surface area contributed by atoms with Crippen molar-refractivity contribution in [3.8, 4) is 11.6 Å². The van der Waals surface area contributed by atoms with Gasteiger partial charge in [-0.25, -0.2) is 9.97 Å². The number of benzene rings is 1. The molecule has 216 valence electrons. The fourth-order valence-corrected chi connectivity index (χ4v) is 5.96. The van der Waals surface area contributed by atoms with Crippen molar-refractivity contribution in [1.82, 2.24) is 19.1 Å². The highest BCUT2D eigenvalue weighted by Crippen LogP contribution is 2.25. The van der Waals surface area contributed by atoms with Gasteiger partial charge in [0, 0.05) is 45.5 Å². The Balaban J connectivity index is 1.38. The first-order chi connectivity index (χ1) is 20.1. The molecule has 0 aliphatic heterocycles. The number of hydrogen-bond donors (Lipinski definition) is 0. The van der Waals surface area contributed by atoms with Gasteiger partial charge in [0.1, 0.15) is 11.6 Å². The summed E-state index contributed by atoms with van der Waals surface area (Å²) in [5.41, 5.74) is 10.8. The molecule has 0 spiro atoms. The van der Waals surface area contributed by atoms with Gasteiger partial charge in [-0.2, -0.15) is 0 Å². The zero-order chi connectivity index (χ0) is 30.0. The molecule has 0 bridgehead atoms. The Kier molecular flexibility index (Phi) is 8.39. The second kappa shape index (κ2) is 12.1. The fraction of sp³-hybridized carbons (Fsp3) is 0.314. The van der Waals surface area contributed by atoms with E-state index < -0.39 is 0 Å². The molecule has 7 heteroatoms. The van der Waals surface area contributed by atoms with E-state index in [2.05, 4.69) is 105 Å². The van der Waals surface area contributed by atoms with Crippen molar-refractivity contribution in [2.24, 2.45) is 0 Å². The highest BCUT2D eigenvalue weighted by molar-refractivity contribution is 5.38. The number of aryl methyl sites for hydroxylation is 8. The lowest BCUT2D eigenvalue weighted by atomic mass is 9.91. The van der Waals surface area contributed by atoms with E-state index in [4.69, 9.17) is 9.97 Å². The molecule has 0 N–H and O–H groups in total. The van der Waals surface area contributed by atoms with E-state index in [9.17, 15) is 10.1 Å². The molecule has 0 radical (unpaired) electrons. The van der Waals surface area contributed by atoms with Crippen molar-refractivity contribution in [2.75, 3.05) is 6.54 Å². The largest absolute Gasteiger partial charge is 0.303 e. The first-order valence-corrected chi connectivity index (χ1v) is 14.5. The maximum absolute atomic E-state index is 11.8. The predicted octanol–water partition coefficient (Wildman–Crippen LogP) is 7.30. The van der Waals surface area contributed by atoms with E-state index in [0.29, 0.717) is 6.42 Å². The first-order valence-electron chi connectivity index (χ1n) is 14.5. The molecule has 5 aromatic rings. The normalized spacial score (nSPS) is 12.0. The number of hydrogen-bond acceptors (Lipinski definition) is 4. The van der Waals surface area contributed by atoms with Crippen molar-refractivity contribution >= 4 is 0 Å². The Bertz CT molecular complexity index is 1710. The lowest BCUT2D eigenvalue weighted by Gasteiger charge is -2.17. The third-order valence-corrected chi connectivity index (χ3v) is 7.94. The minimum Gasteiger partial charge on any atom is -0.303 e. The third-order valence-electron chi connectivity index (χ3n) is 7.94. The second-order valence-corrected chi connectivity index (χ2v) is 11.6. The number of nitrogens with zero attached hydrogens (tertiary/aromatic N) is 5. The van der Waals surface area contributed by atoms with Crippen LogP contribution in [0.5, 0.6) is 0 Å². The maximum atomic E-state index is 11.8. The number of aromatic nitrogens is 4. The standard InChI is InChI=1S/C35H39N5O2/c1-23-16-32(36-34(18-23)39-25(3)10-11-26(39)4)15-14-29-8-7-9-30(20-29)31(22-38(41)42)21-33-17-24(2)19-35(37-33)40-27(5)12-13-28(40)6/h7-13,16-20,31H,14-15,21-22H2,1-6H3. The molecule has 42 heavy (non-hydrogen) atoms. The monoisotopic (exact) mass is 561 g/mol. The van der Waals surface area contributed by atoms with Crippen LogP contribution in [-0.4, -0.2) is 30.6 Å². The molecule has 0 fully saturated rings. The van der Waals surface area contributed by atoms with Crippen LogP contribution >= 0.6 is 0 Å². The van der Waals surface area contributed by atoms with Gasteiger partial charge < -0.3 is 9.13 Å². The van der Waals surface area contributed by atoms with Crippen LogP contribution in [0.3, 0.4) is 0 Å². The average Bonchev–Trinajstić information content (AvgIpc) is 3.45. The topological polar surface area (TPSA) is 78.8 Å². The molecule has 0 aliphatic rings. The maximum Gasteiger partial charge on any atom is 0.211 e. The van der Waals surface area contributed by atoms with Gasteiger partial charge in [-0.05, 0) is 125 Å². The number of rotatable bonds is 10. The summed E-state index contributed by atoms with van der Waals surface area (Å²) in [6, 6.07) is 25.0. The molecule has 1 unspecified atom stereocenters. The van der Waals surface area contributed by atoms with Crippen LogP contribution in [0.4, 0.5) is 0 Å². The van der Waals surface area contributed by atoms with Gasteiger partial charge in [0.25, 0.3) is 0 Å². The van der Waals surface area contributed by atoms with Crippen molar-refractivity contribution < 1.29 is 4.92 Å². The van der Waals surface area contributed by atoms with Gasteiger partial charge in [0.15, 0.2) is 0 Å². The summed E-state index contributed by atoms with van der Waals surface area (Å²) in [5, 5.41) is 11.8. The second-order valence-electron chi connectivity index (χ2n) is 11.6. The van der Waals surface area contributed by atoms with Crippen LogP contribution in [0.25, 0.3) is 11.6 Å². The molecule has 0 amide bonds. The van der Waals surface area contributed by atoms with Crippen molar-refractivity contribution in [1.29, 1.82) is 0 Å². The smallest absolute Gasteiger partial charge is 0.211 e. The lowest BCUT2D eigenvalue weighted by molar-refractivity contribution is -0.483. The predicted molar refractivity (Wildman–Crippen MR) is 168 cm³/mol. The summed E-state index contributed by atoms with van der Waals surface area (Å²) < 4.78 is 4.31. The molecule has 0 saturated heterocycles. The lowest BCUT2D eigenvalue weighted by Crippen LogP contribution is -2.16. The molecular weight excluding hydrogens is 522 g/mol. The third kappa shape index (κ3) is 6.51. The Morgan fingerprint density at radius 1 is 0.690 bits per heavy atom. The van der Waals surface area contributed by atoms with Crippen LogP contribution in [0.1, 0.15) is 62.3 Å².